The number of fused-ring (bicyclic) bond motifs is 3. The second-order valence-corrected chi connectivity index (χ2v) is 7.67. The van der Waals surface area contributed by atoms with Crippen LogP contribution in [0.3, 0.4) is 0 Å². The Bertz CT molecular complexity index is 1500. The van der Waals surface area contributed by atoms with E-state index in [0.29, 0.717) is 5.70 Å². The van der Waals surface area contributed by atoms with E-state index < -0.39 is 0 Å². The normalized spacial score (nSPS) is 11.6. The van der Waals surface area contributed by atoms with Crippen molar-refractivity contribution in [2.75, 3.05) is 11.9 Å². The van der Waals surface area contributed by atoms with Crippen molar-refractivity contribution < 1.29 is 0 Å². The number of benzene rings is 2. The molecule has 0 fully saturated rings. The fourth-order valence-electron chi connectivity index (χ4n) is 4.17. The molecule has 0 radical (unpaired) electrons. The summed E-state index contributed by atoms with van der Waals surface area (Å²) in [6.45, 7) is 3.82. The van der Waals surface area contributed by atoms with E-state index in [-0.39, 0.29) is 0 Å². The second kappa shape index (κ2) is 8.55. The van der Waals surface area contributed by atoms with E-state index in [1.807, 2.05) is 66.2 Å². The smallest absolute Gasteiger partial charge is 0.141 e. The molecule has 33 heavy (non-hydrogen) atoms. The van der Waals surface area contributed by atoms with Crippen molar-refractivity contribution in [3.63, 3.8) is 0 Å². The lowest BCUT2D eigenvalue weighted by atomic mass is 10.1. The topological polar surface area (TPSA) is 57.8 Å². The third kappa shape index (κ3) is 3.49. The maximum Gasteiger partial charge on any atom is 0.141 e. The summed E-state index contributed by atoms with van der Waals surface area (Å²) in [5.74, 6) is 0.841. The quantitative estimate of drug-likeness (QED) is 0.241. The molecule has 0 unspecified atom stereocenters. The summed E-state index contributed by atoms with van der Waals surface area (Å²) in [4.78, 5) is 11.9. The average Bonchev–Trinajstić information content (AvgIpc) is 3.20. The predicted molar refractivity (Wildman–Crippen MR) is 138 cm³/mol. The van der Waals surface area contributed by atoms with Gasteiger partial charge in [-0.2, -0.15) is 0 Å². The van der Waals surface area contributed by atoms with Gasteiger partial charge in [-0.1, -0.05) is 61.2 Å². The van der Waals surface area contributed by atoms with Crippen LogP contribution in [0.15, 0.2) is 104 Å². The Labute approximate surface area is 192 Å². The van der Waals surface area contributed by atoms with Crippen molar-refractivity contribution in [1.82, 2.24) is 14.5 Å². The van der Waals surface area contributed by atoms with Gasteiger partial charge in [0.15, 0.2) is 0 Å². The van der Waals surface area contributed by atoms with Gasteiger partial charge in [0.25, 0.3) is 0 Å². The van der Waals surface area contributed by atoms with Crippen molar-refractivity contribution in [2.45, 2.75) is 0 Å². The third-order valence-corrected chi connectivity index (χ3v) is 5.72. The number of nitrogens with one attached hydrogen (secondary N) is 1. The molecule has 5 nitrogen and oxygen atoms in total. The Morgan fingerprint density at radius 1 is 0.939 bits per heavy atom. The molecular formula is C28H23N5. The number of allylic oxidation sites excluding steroid dienone is 3. The number of aromatic nitrogens is 3. The first-order valence-corrected chi connectivity index (χ1v) is 10.7. The van der Waals surface area contributed by atoms with E-state index in [9.17, 15) is 0 Å². The van der Waals surface area contributed by atoms with E-state index in [0.717, 1.165) is 44.7 Å². The van der Waals surface area contributed by atoms with E-state index >= 15 is 0 Å². The van der Waals surface area contributed by atoms with Crippen LogP contribution in [0.5, 0.6) is 0 Å². The maximum absolute atomic E-state index is 8.02. The molecule has 3 aromatic heterocycles. The fraction of sp³-hybridized carbons (Fsp3) is 0.0357. The molecule has 5 aromatic rings. The molecule has 2 aromatic carbocycles. The van der Waals surface area contributed by atoms with Crippen LogP contribution in [0.2, 0.25) is 0 Å². The minimum Gasteiger partial charge on any atom is -0.329 e. The van der Waals surface area contributed by atoms with Gasteiger partial charge in [-0.15, -0.1) is 0 Å². The predicted octanol–water partition coefficient (Wildman–Crippen LogP) is 6.70. The Morgan fingerprint density at radius 2 is 1.67 bits per heavy atom. The van der Waals surface area contributed by atoms with Crippen LogP contribution in [-0.4, -0.2) is 27.8 Å². The van der Waals surface area contributed by atoms with Crippen molar-refractivity contribution in [3.8, 4) is 11.1 Å². The zero-order chi connectivity index (χ0) is 22.8. The maximum atomic E-state index is 8.02. The van der Waals surface area contributed by atoms with Gasteiger partial charge < -0.3 is 14.9 Å². The standard InChI is InChI=1S/C28H23N5/c1-3-11-22(19-29)33-24-16-10-17-30-26(24)27-25(33)18-23(20-12-6-4-7-13-20)28(31-27)32(2)21-14-8-5-9-15-21/h3-19,29H,1H2,2H3/b22-11+,29-19?. The Kier molecular flexibility index (Phi) is 5.29. The highest BCUT2D eigenvalue weighted by Gasteiger charge is 2.21. The van der Waals surface area contributed by atoms with Gasteiger partial charge in [0.2, 0.25) is 0 Å². The summed E-state index contributed by atoms with van der Waals surface area (Å²) in [7, 11) is 2.03. The Hall–Kier alpha value is -4.51. The lowest BCUT2D eigenvalue weighted by Crippen LogP contribution is -2.12. The zero-order valence-corrected chi connectivity index (χ0v) is 18.3. The number of hydrogen-bond acceptors (Lipinski definition) is 4. The first kappa shape index (κ1) is 20.4. The van der Waals surface area contributed by atoms with Crippen LogP contribution in [-0.2, 0) is 0 Å². The largest absolute Gasteiger partial charge is 0.329 e. The molecular weight excluding hydrogens is 406 g/mol. The molecule has 5 rings (SSSR count). The SMILES string of the molecule is C=C/C=C(\C=N)n1c2cccnc2c2nc(N(C)c3ccccc3)c(-c3ccccc3)cc21. The molecule has 0 aliphatic rings. The monoisotopic (exact) mass is 429 g/mol. The first-order chi connectivity index (χ1) is 16.2. The van der Waals surface area contributed by atoms with Gasteiger partial charge in [-0.25, -0.2) is 4.98 Å². The van der Waals surface area contributed by atoms with Crippen molar-refractivity contribution in [2.24, 2.45) is 0 Å². The van der Waals surface area contributed by atoms with Gasteiger partial charge >= 0.3 is 0 Å². The summed E-state index contributed by atoms with van der Waals surface area (Å²) in [5.41, 5.74) is 7.19. The molecule has 0 bridgehead atoms. The van der Waals surface area contributed by atoms with E-state index in [1.165, 1.54) is 6.21 Å². The van der Waals surface area contributed by atoms with Crippen molar-refractivity contribution >= 4 is 45.5 Å². The van der Waals surface area contributed by atoms with Gasteiger partial charge in [0.05, 0.1) is 16.7 Å². The van der Waals surface area contributed by atoms with Crippen LogP contribution in [0.4, 0.5) is 11.5 Å². The van der Waals surface area contributed by atoms with Gasteiger partial charge in [-0.3, -0.25) is 4.98 Å². The number of rotatable bonds is 6. The number of anilines is 2. The van der Waals surface area contributed by atoms with E-state index in [1.54, 1.807) is 12.3 Å². The van der Waals surface area contributed by atoms with Gasteiger partial charge in [0, 0.05) is 30.7 Å². The molecule has 160 valence electrons. The first-order valence-electron chi connectivity index (χ1n) is 10.7. The zero-order valence-electron chi connectivity index (χ0n) is 18.3. The molecule has 0 saturated carbocycles. The molecule has 0 amide bonds. The van der Waals surface area contributed by atoms with Gasteiger partial charge in [0.1, 0.15) is 16.9 Å². The molecule has 0 aliphatic heterocycles. The highest BCUT2D eigenvalue weighted by molar-refractivity contribution is 6.14. The molecule has 5 heteroatoms. The number of nitrogens with zero attached hydrogens (tertiary/aromatic N) is 4. The van der Waals surface area contributed by atoms with E-state index in [2.05, 4.69) is 46.8 Å². The minimum absolute atomic E-state index is 0.697. The lowest BCUT2D eigenvalue weighted by Gasteiger charge is -2.22. The average molecular weight is 430 g/mol. The second-order valence-electron chi connectivity index (χ2n) is 7.67. The molecule has 0 spiro atoms. The molecule has 3 heterocycles. The van der Waals surface area contributed by atoms with Crippen LogP contribution in [0.1, 0.15) is 0 Å². The lowest BCUT2D eigenvalue weighted by molar-refractivity contribution is 1.15. The molecule has 1 N–H and O–H groups in total. The summed E-state index contributed by atoms with van der Waals surface area (Å²) in [6.07, 6.45) is 6.63. The molecule has 0 aliphatic carbocycles. The Balaban J connectivity index is 1.90. The number of hydrogen-bond donors (Lipinski definition) is 1. The van der Waals surface area contributed by atoms with Crippen LogP contribution >= 0.6 is 0 Å². The van der Waals surface area contributed by atoms with Crippen LogP contribution in [0, 0.1) is 5.41 Å². The van der Waals surface area contributed by atoms with Crippen LogP contribution < -0.4 is 4.90 Å². The van der Waals surface area contributed by atoms with E-state index in [4.69, 9.17) is 10.4 Å². The molecule has 0 saturated heterocycles. The summed E-state index contributed by atoms with van der Waals surface area (Å²) in [5, 5.41) is 8.02. The van der Waals surface area contributed by atoms with Crippen molar-refractivity contribution in [1.29, 1.82) is 5.41 Å². The minimum atomic E-state index is 0.697. The van der Waals surface area contributed by atoms with Crippen molar-refractivity contribution in [3.05, 3.63) is 104 Å². The fourth-order valence-corrected chi connectivity index (χ4v) is 4.17. The number of para-hydroxylation sites is 1. The Morgan fingerprint density at radius 3 is 2.36 bits per heavy atom. The summed E-state index contributed by atoms with van der Waals surface area (Å²) in [6, 6.07) is 26.5. The van der Waals surface area contributed by atoms with Gasteiger partial charge in [-0.05, 0) is 42.0 Å². The highest BCUT2D eigenvalue weighted by Crippen LogP contribution is 2.38. The van der Waals surface area contributed by atoms with Crippen LogP contribution in [0.25, 0.3) is 38.9 Å². The summed E-state index contributed by atoms with van der Waals surface area (Å²) >= 11 is 0. The number of pyridine rings is 2. The highest BCUT2D eigenvalue weighted by atomic mass is 15.2. The molecule has 0 atom stereocenters. The third-order valence-electron chi connectivity index (χ3n) is 5.72. The summed E-state index contributed by atoms with van der Waals surface area (Å²) < 4.78 is 2.03.